The van der Waals surface area contributed by atoms with Crippen molar-refractivity contribution in [3.8, 4) is 0 Å². The van der Waals surface area contributed by atoms with E-state index in [1.807, 2.05) is 13.8 Å². The number of aliphatic carboxylic acids is 1. The molecule has 0 spiro atoms. The first-order chi connectivity index (χ1) is 11.6. The van der Waals surface area contributed by atoms with Crippen LogP contribution in [0.15, 0.2) is 18.2 Å². The standard InChI is InChI=1S/C17H22Cl2N2O4/c1-9(2)6-14(17(24)25)21-15(22)8-20-16(23)10(3)11-4-5-12(18)13(19)7-11/h4-5,7,9-10,14H,6,8H2,1-3H3,(H,20,23)(H,21,22)(H,24,25)/t10?,14-/m0/s1. The highest BCUT2D eigenvalue weighted by molar-refractivity contribution is 6.42. The van der Waals surface area contributed by atoms with Crippen molar-refractivity contribution in [1.82, 2.24) is 10.6 Å². The van der Waals surface area contributed by atoms with Crippen LogP contribution in [0.2, 0.25) is 10.0 Å². The summed E-state index contributed by atoms with van der Waals surface area (Å²) in [6, 6.07) is 3.90. The Morgan fingerprint density at radius 2 is 1.76 bits per heavy atom. The summed E-state index contributed by atoms with van der Waals surface area (Å²) in [6.07, 6.45) is 0.314. The zero-order chi connectivity index (χ0) is 19.1. The summed E-state index contributed by atoms with van der Waals surface area (Å²) in [5, 5.41) is 14.7. The van der Waals surface area contributed by atoms with E-state index in [2.05, 4.69) is 10.6 Å². The molecule has 0 saturated heterocycles. The summed E-state index contributed by atoms with van der Waals surface area (Å²) in [6.45, 7) is 5.10. The summed E-state index contributed by atoms with van der Waals surface area (Å²) in [5.74, 6) is -2.44. The lowest BCUT2D eigenvalue weighted by molar-refractivity contribution is -0.142. The lowest BCUT2D eigenvalue weighted by Gasteiger charge is -2.17. The Morgan fingerprint density at radius 1 is 1.12 bits per heavy atom. The van der Waals surface area contributed by atoms with Gasteiger partial charge >= 0.3 is 5.97 Å². The van der Waals surface area contributed by atoms with Gasteiger partial charge in [-0.25, -0.2) is 4.79 Å². The fourth-order valence-corrected chi connectivity index (χ4v) is 2.50. The van der Waals surface area contributed by atoms with Crippen molar-refractivity contribution < 1.29 is 19.5 Å². The average molecular weight is 389 g/mol. The summed E-state index contributed by atoms with van der Waals surface area (Å²) in [7, 11) is 0. The van der Waals surface area contributed by atoms with E-state index in [1.165, 1.54) is 0 Å². The van der Waals surface area contributed by atoms with Gasteiger partial charge in [0.2, 0.25) is 11.8 Å². The highest BCUT2D eigenvalue weighted by Gasteiger charge is 2.22. The third-order valence-electron chi connectivity index (χ3n) is 3.60. The van der Waals surface area contributed by atoms with Gasteiger partial charge in [0.15, 0.2) is 0 Å². The molecule has 0 bridgehead atoms. The largest absolute Gasteiger partial charge is 0.480 e. The second-order valence-corrected chi connectivity index (χ2v) is 7.02. The molecule has 3 N–H and O–H groups in total. The van der Waals surface area contributed by atoms with Crippen LogP contribution in [0.4, 0.5) is 0 Å². The third kappa shape index (κ3) is 6.92. The summed E-state index contributed by atoms with van der Waals surface area (Å²) < 4.78 is 0. The molecule has 1 rings (SSSR count). The highest BCUT2D eigenvalue weighted by atomic mass is 35.5. The number of benzene rings is 1. The molecular formula is C17H22Cl2N2O4. The number of carbonyl (C=O) groups excluding carboxylic acids is 2. The summed E-state index contributed by atoms with van der Waals surface area (Å²) in [4.78, 5) is 35.2. The van der Waals surface area contributed by atoms with Crippen molar-refractivity contribution in [2.75, 3.05) is 6.54 Å². The molecule has 25 heavy (non-hydrogen) atoms. The number of hydrogen-bond donors (Lipinski definition) is 3. The molecule has 0 fully saturated rings. The predicted octanol–water partition coefficient (Wildman–Crippen LogP) is 2.83. The molecule has 0 radical (unpaired) electrons. The number of amides is 2. The van der Waals surface area contributed by atoms with Crippen LogP contribution >= 0.6 is 23.2 Å². The quantitative estimate of drug-likeness (QED) is 0.637. The average Bonchev–Trinajstić information content (AvgIpc) is 2.53. The number of halogens is 2. The van der Waals surface area contributed by atoms with E-state index in [0.29, 0.717) is 22.0 Å². The van der Waals surface area contributed by atoms with E-state index in [4.69, 9.17) is 28.3 Å². The lowest BCUT2D eigenvalue weighted by atomic mass is 10.0. The minimum absolute atomic E-state index is 0.116. The van der Waals surface area contributed by atoms with Crippen molar-refractivity contribution in [3.63, 3.8) is 0 Å². The molecule has 0 aliphatic heterocycles. The van der Waals surface area contributed by atoms with Crippen molar-refractivity contribution >= 4 is 41.0 Å². The first-order valence-electron chi connectivity index (χ1n) is 7.86. The van der Waals surface area contributed by atoms with Crippen LogP contribution in [0.3, 0.4) is 0 Å². The molecule has 0 aliphatic carbocycles. The molecule has 0 aliphatic rings. The zero-order valence-corrected chi connectivity index (χ0v) is 15.8. The molecule has 138 valence electrons. The summed E-state index contributed by atoms with van der Waals surface area (Å²) in [5.41, 5.74) is 0.663. The number of carbonyl (C=O) groups is 3. The number of hydrogen-bond acceptors (Lipinski definition) is 3. The molecule has 0 aromatic heterocycles. The SMILES string of the molecule is CC(C)C[C@H](NC(=O)CNC(=O)C(C)c1ccc(Cl)c(Cl)c1)C(=O)O. The normalized spacial score (nSPS) is 13.2. The van der Waals surface area contributed by atoms with E-state index in [-0.39, 0.29) is 18.4 Å². The molecule has 0 saturated carbocycles. The fourth-order valence-electron chi connectivity index (χ4n) is 2.19. The Kier molecular flexibility index (Phi) is 8.19. The number of rotatable bonds is 8. The Balaban J connectivity index is 2.58. The zero-order valence-electron chi connectivity index (χ0n) is 14.3. The van der Waals surface area contributed by atoms with Gasteiger partial charge in [-0.3, -0.25) is 9.59 Å². The maximum absolute atomic E-state index is 12.2. The molecule has 0 heterocycles. The molecule has 8 heteroatoms. The molecule has 1 unspecified atom stereocenters. The molecule has 2 atom stereocenters. The predicted molar refractivity (Wildman–Crippen MR) is 96.9 cm³/mol. The van der Waals surface area contributed by atoms with Crippen LogP contribution in [0.1, 0.15) is 38.7 Å². The Bertz CT molecular complexity index is 650. The van der Waals surface area contributed by atoms with E-state index >= 15 is 0 Å². The smallest absolute Gasteiger partial charge is 0.326 e. The van der Waals surface area contributed by atoms with Crippen molar-refractivity contribution in [1.29, 1.82) is 0 Å². The van der Waals surface area contributed by atoms with E-state index in [0.717, 1.165) is 0 Å². The van der Waals surface area contributed by atoms with Gasteiger partial charge in [0, 0.05) is 0 Å². The Hall–Kier alpha value is -1.79. The van der Waals surface area contributed by atoms with Gasteiger partial charge in [0.1, 0.15) is 6.04 Å². The van der Waals surface area contributed by atoms with Crippen molar-refractivity contribution in [2.45, 2.75) is 39.2 Å². The van der Waals surface area contributed by atoms with E-state index in [9.17, 15) is 14.4 Å². The lowest BCUT2D eigenvalue weighted by Crippen LogP contribution is -2.46. The molecule has 2 amide bonds. The van der Waals surface area contributed by atoms with Gasteiger partial charge < -0.3 is 15.7 Å². The van der Waals surface area contributed by atoms with Crippen molar-refractivity contribution in [3.05, 3.63) is 33.8 Å². The fraction of sp³-hybridized carbons (Fsp3) is 0.471. The van der Waals surface area contributed by atoms with Gasteiger partial charge in [-0.05, 0) is 37.0 Å². The Morgan fingerprint density at radius 3 is 2.28 bits per heavy atom. The van der Waals surface area contributed by atoms with Crippen LogP contribution < -0.4 is 10.6 Å². The first kappa shape index (κ1) is 21.3. The molecule has 6 nitrogen and oxygen atoms in total. The minimum atomic E-state index is -1.10. The molecule has 1 aromatic rings. The topological polar surface area (TPSA) is 95.5 Å². The van der Waals surface area contributed by atoms with Gasteiger partial charge in [-0.2, -0.15) is 0 Å². The first-order valence-corrected chi connectivity index (χ1v) is 8.62. The van der Waals surface area contributed by atoms with Gasteiger partial charge in [-0.15, -0.1) is 0 Å². The van der Waals surface area contributed by atoms with Crippen LogP contribution in [-0.2, 0) is 14.4 Å². The minimum Gasteiger partial charge on any atom is -0.480 e. The summed E-state index contributed by atoms with van der Waals surface area (Å²) >= 11 is 11.8. The van der Waals surface area contributed by atoms with Gasteiger partial charge in [0.05, 0.1) is 22.5 Å². The second-order valence-electron chi connectivity index (χ2n) is 6.20. The maximum Gasteiger partial charge on any atom is 0.326 e. The van der Waals surface area contributed by atoms with Crippen molar-refractivity contribution in [2.24, 2.45) is 5.92 Å². The highest BCUT2D eigenvalue weighted by Crippen LogP contribution is 2.26. The van der Waals surface area contributed by atoms with Gasteiger partial charge in [-0.1, -0.05) is 43.1 Å². The van der Waals surface area contributed by atoms with Crippen LogP contribution in [0.25, 0.3) is 0 Å². The van der Waals surface area contributed by atoms with Crippen LogP contribution in [0, 0.1) is 5.92 Å². The number of carboxylic acids is 1. The molecule has 1 aromatic carbocycles. The number of nitrogens with one attached hydrogen (secondary N) is 2. The maximum atomic E-state index is 12.2. The van der Waals surface area contributed by atoms with Gasteiger partial charge in [0.25, 0.3) is 0 Å². The number of carboxylic acid groups (broad SMARTS) is 1. The van der Waals surface area contributed by atoms with E-state index < -0.39 is 23.8 Å². The molecular weight excluding hydrogens is 367 g/mol. The van der Waals surface area contributed by atoms with E-state index in [1.54, 1.807) is 25.1 Å². The van der Waals surface area contributed by atoms with Crippen LogP contribution in [-0.4, -0.2) is 35.5 Å². The Labute approximate surface area is 156 Å². The van der Waals surface area contributed by atoms with Crippen LogP contribution in [0.5, 0.6) is 0 Å². The second kappa shape index (κ2) is 9.63. The monoisotopic (exact) mass is 388 g/mol. The third-order valence-corrected chi connectivity index (χ3v) is 4.34.